The van der Waals surface area contributed by atoms with Gasteiger partial charge in [-0.1, -0.05) is 0 Å². The van der Waals surface area contributed by atoms with Gasteiger partial charge in [0.2, 0.25) is 0 Å². The van der Waals surface area contributed by atoms with E-state index >= 15 is 0 Å². The van der Waals surface area contributed by atoms with E-state index in [1.807, 2.05) is 0 Å². The van der Waals surface area contributed by atoms with Crippen molar-refractivity contribution in [1.29, 1.82) is 0 Å². The van der Waals surface area contributed by atoms with Crippen molar-refractivity contribution in [3.05, 3.63) is 0 Å². The van der Waals surface area contributed by atoms with Crippen molar-refractivity contribution in [1.82, 2.24) is 0 Å². The Morgan fingerprint density at radius 3 is 1.27 bits per heavy atom. The van der Waals surface area contributed by atoms with Gasteiger partial charge in [-0.2, -0.15) is 0 Å². The predicted molar refractivity (Wildman–Crippen MR) is 22.0 cm³/mol. The number of rotatable bonds is 3. The van der Waals surface area contributed by atoms with Gasteiger partial charge >= 0.3 is 41.7 Å². The molecule has 0 aliphatic heterocycles. The number of carbonyl (C=O) groups excluding carboxylic acids is 2. The van der Waals surface area contributed by atoms with Gasteiger partial charge in [-0.3, -0.25) is 0 Å². The van der Waals surface area contributed by atoms with Crippen molar-refractivity contribution in [2.75, 3.05) is 0 Å². The third-order valence-electron chi connectivity index (χ3n) is 0.782. The van der Waals surface area contributed by atoms with Crippen LogP contribution in [-0.4, -0.2) is 34.4 Å². The fraction of sp³-hybridized carbons (Fsp3) is 0.500. The molecule has 60 valence electrons. The van der Waals surface area contributed by atoms with Crippen LogP contribution in [0.5, 0.6) is 0 Å². The Kier molecular flexibility index (Phi) is 7.32. The second kappa shape index (κ2) is 5.83. The first-order chi connectivity index (χ1) is 4.46. The number of carbonyl (C=O) groups is 2. The molecule has 7 heteroatoms. The predicted octanol–water partition coefficient (Wildman–Crippen LogP) is -4.79. The molecular weight excluding hydrogens is 284 g/mol. The van der Waals surface area contributed by atoms with Gasteiger partial charge in [0.1, 0.15) is 12.2 Å². The van der Waals surface area contributed by atoms with Crippen molar-refractivity contribution in [3.8, 4) is 0 Å². The normalized spacial score (nSPS) is 14.4. The van der Waals surface area contributed by atoms with E-state index in [4.69, 9.17) is 10.2 Å². The Bertz CT molecular complexity index is 139. The van der Waals surface area contributed by atoms with E-state index in [1.54, 1.807) is 0 Å². The quantitative estimate of drug-likeness (QED) is 0.537. The summed E-state index contributed by atoms with van der Waals surface area (Å²) in [4.78, 5) is 19.3. The Labute approximate surface area is 95.2 Å². The number of aliphatic hydroxyl groups is 2. The molecule has 11 heavy (non-hydrogen) atoms. The van der Waals surface area contributed by atoms with Gasteiger partial charge in [-0.05, 0) is 0 Å². The summed E-state index contributed by atoms with van der Waals surface area (Å²) >= 11 is 0. The molecule has 2 unspecified atom stereocenters. The van der Waals surface area contributed by atoms with Gasteiger partial charge in [0, 0.05) is 0 Å². The topological polar surface area (TPSA) is 121 Å². The maximum absolute atomic E-state index is 9.63. The third kappa shape index (κ3) is 4.64. The fourth-order valence-electron chi connectivity index (χ4n) is 0.258. The first-order valence-electron chi connectivity index (χ1n) is 2.24. The van der Waals surface area contributed by atoms with Crippen molar-refractivity contribution in [2.45, 2.75) is 12.2 Å². The summed E-state index contributed by atoms with van der Waals surface area (Å²) in [5, 5.41) is 35.7. The third-order valence-corrected chi connectivity index (χ3v) is 0.782. The molecule has 0 saturated carbocycles. The summed E-state index contributed by atoms with van der Waals surface area (Å²) in [6.45, 7) is 0. The molecule has 0 aromatic rings. The summed E-state index contributed by atoms with van der Waals surface area (Å²) in [6, 6.07) is 0. The zero-order valence-corrected chi connectivity index (χ0v) is 8.32. The van der Waals surface area contributed by atoms with E-state index in [0.29, 0.717) is 0 Å². The molecule has 0 amide bonds. The maximum atomic E-state index is 9.63. The van der Waals surface area contributed by atoms with Crippen LogP contribution >= 0.6 is 0 Å². The number of carboxylic acids is 2. The minimum Gasteiger partial charge on any atom is -0.547 e. The van der Waals surface area contributed by atoms with E-state index in [9.17, 15) is 19.8 Å². The molecule has 2 N–H and O–H groups in total. The van der Waals surface area contributed by atoms with Crippen LogP contribution in [-0.2, 0) is 9.59 Å². The molecule has 0 spiro atoms. The fourth-order valence-corrected chi connectivity index (χ4v) is 0.258. The summed E-state index contributed by atoms with van der Waals surface area (Å²) in [5.74, 6) is -4.12. The van der Waals surface area contributed by atoms with Crippen molar-refractivity contribution < 1.29 is 71.8 Å². The van der Waals surface area contributed by atoms with Crippen LogP contribution in [0.1, 0.15) is 0 Å². The molecule has 2 atom stereocenters. The van der Waals surface area contributed by atoms with Gasteiger partial charge in [-0.25, -0.2) is 0 Å². The van der Waals surface area contributed by atoms with Crippen LogP contribution in [0.15, 0.2) is 0 Å². The summed E-state index contributed by atoms with van der Waals surface area (Å²) in [5.41, 5.74) is 0. The number of hydrogen-bond acceptors (Lipinski definition) is 6. The average Bonchev–Trinajstić information content (AvgIpc) is 1.84. The van der Waals surface area contributed by atoms with Gasteiger partial charge in [0.15, 0.2) is 0 Å². The van der Waals surface area contributed by atoms with Crippen LogP contribution in [0.25, 0.3) is 0 Å². The zero-order chi connectivity index (χ0) is 8.31. The monoisotopic (exact) mass is 288 g/mol. The minimum absolute atomic E-state index is 0. The number of aliphatic carboxylic acids is 2. The number of aliphatic hydroxyl groups excluding tert-OH is 2. The first kappa shape index (κ1) is 13.8. The van der Waals surface area contributed by atoms with E-state index in [2.05, 4.69) is 0 Å². The van der Waals surface area contributed by atoms with Crippen LogP contribution in [0.4, 0.5) is 0 Å². The Morgan fingerprint density at radius 2 is 1.18 bits per heavy atom. The van der Waals surface area contributed by atoms with E-state index in [1.165, 1.54) is 0 Å². The number of hydrogen-bond donors (Lipinski definition) is 2. The largest absolute Gasteiger partial charge is 2.00 e. The minimum atomic E-state index is -2.44. The van der Waals surface area contributed by atoms with Gasteiger partial charge in [0.05, 0.1) is 11.9 Å². The standard InChI is InChI=1S/C4H6O6.Ce/c5-1(3(7)8)2(6)4(9)10;/h1-2,5-6H,(H,7,8)(H,9,10);/q;+2/p-2. The van der Waals surface area contributed by atoms with Crippen molar-refractivity contribution >= 4 is 11.9 Å². The molecule has 0 aliphatic rings. The van der Waals surface area contributed by atoms with E-state index in [0.717, 1.165) is 0 Å². The Balaban J connectivity index is 0. The van der Waals surface area contributed by atoms with Crippen molar-refractivity contribution in [3.63, 3.8) is 0 Å². The summed E-state index contributed by atoms with van der Waals surface area (Å²) in [7, 11) is 0. The molecule has 0 aromatic carbocycles. The first-order valence-corrected chi connectivity index (χ1v) is 2.24. The van der Waals surface area contributed by atoms with Gasteiger partial charge in [0.25, 0.3) is 0 Å². The summed E-state index contributed by atoms with van der Waals surface area (Å²) < 4.78 is 0. The van der Waals surface area contributed by atoms with Gasteiger partial charge < -0.3 is 30.0 Å². The number of carboxylic acid groups (broad SMARTS) is 2. The van der Waals surface area contributed by atoms with E-state index < -0.39 is 24.1 Å². The van der Waals surface area contributed by atoms with Gasteiger partial charge in [-0.15, -0.1) is 0 Å². The molecule has 0 fully saturated rings. The molecule has 0 rings (SSSR count). The summed E-state index contributed by atoms with van der Waals surface area (Å²) in [6.07, 6.45) is -4.88. The maximum Gasteiger partial charge on any atom is 2.00 e. The molecule has 0 radical (unpaired) electrons. The molecular formula is C4H4CeO6. The average molecular weight is 288 g/mol. The second-order valence-electron chi connectivity index (χ2n) is 1.53. The Hall–Kier alpha value is 0.237. The smallest absolute Gasteiger partial charge is 0.547 e. The van der Waals surface area contributed by atoms with Crippen molar-refractivity contribution in [2.24, 2.45) is 0 Å². The molecule has 0 aromatic heterocycles. The Morgan fingerprint density at radius 1 is 1.00 bits per heavy atom. The molecule has 0 heterocycles. The van der Waals surface area contributed by atoms with E-state index in [-0.39, 0.29) is 41.7 Å². The molecule has 0 bridgehead atoms. The van der Waals surface area contributed by atoms with Crippen LogP contribution < -0.4 is 10.2 Å². The van der Waals surface area contributed by atoms with Crippen LogP contribution in [0.2, 0.25) is 0 Å². The van der Waals surface area contributed by atoms with Crippen LogP contribution in [0.3, 0.4) is 0 Å². The molecule has 6 nitrogen and oxygen atoms in total. The van der Waals surface area contributed by atoms with Crippen LogP contribution in [0, 0.1) is 41.7 Å². The zero-order valence-electron chi connectivity index (χ0n) is 5.18. The molecule has 0 saturated heterocycles. The SMILES string of the molecule is O=C([O-])C(O)C(O)C(=O)[O-].[Ce+2]. The molecule has 0 aliphatic carbocycles. The second-order valence-corrected chi connectivity index (χ2v) is 1.53.